The molecule has 2 aromatic rings. The first-order valence-corrected chi connectivity index (χ1v) is 9.30. The summed E-state index contributed by atoms with van der Waals surface area (Å²) >= 11 is 0. The van der Waals surface area contributed by atoms with Crippen LogP contribution >= 0.6 is 0 Å². The molecule has 2 amide bonds. The van der Waals surface area contributed by atoms with E-state index in [2.05, 4.69) is 10.6 Å². The lowest BCUT2D eigenvalue weighted by molar-refractivity contribution is -0.122. The smallest absolute Gasteiger partial charge is 0.265 e. The Morgan fingerprint density at radius 1 is 1.04 bits per heavy atom. The van der Waals surface area contributed by atoms with Crippen molar-refractivity contribution in [2.75, 3.05) is 10.6 Å². The molecule has 0 heterocycles. The van der Waals surface area contributed by atoms with Crippen LogP contribution in [0.3, 0.4) is 0 Å². The first kappa shape index (κ1) is 19.0. The van der Waals surface area contributed by atoms with Gasteiger partial charge in [0.05, 0.1) is 0 Å². The molecule has 0 aliphatic heterocycles. The number of rotatable bonds is 6. The zero-order valence-electron chi connectivity index (χ0n) is 16.3. The lowest BCUT2D eigenvalue weighted by Gasteiger charge is -2.18. The van der Waals surface area contributed by atoms with Gasteiger partial charge in [-0.1, -0.05) is 18.2 Å². The molecule has 1 aliphatic rings. The topological polar surface area (TPSA) is 67.4 Å². The molecule has 1 fully saturated rings. The number of anilines is 2. The van der Waals surface area contributed by atoms with E-state index >= 15 is 0 Å². The van der Waals surface area contributed by atoms with Gasteiger partial charge < -0.3 is 15.4 Å². The van der Waals surface area contributed by atoms with Crippen LogP contribution in [-0.2, 0) is 9.59 Å². The van der Waals surface area contributed by atoms with Crippen LogP contribution in [-0.4, -0.2) is 17.9 Å². The highest BCUT2D eigenvalue weighted by molar-refractivity contribution is 5.98. The number of hydrogen-bond acceptors (Lipinski definition) is 3. The molecule has 3 rings (SSSR count). The van der Waals surface area contributed by atoms with Gasteiger partial charge in [0.2, 0.25) is 5.91 Å². The zero-order valence-corrected chi connectivity index (χ0v) is 16.3. The van der Waals surface area contributed by atoms with Crippen molar-refractivity contribution in [1.29, 1.82) is 0 Å². The number of ether oxygens (including phenoxy) is 1. The molecule has 1 aliphatic carbocycles. The van der Waals surface area contributed by atoms with Crippen LogP contribution < -0.4 is 15.4 Å². The van der Waals surface area contributed by atoms with Gasteiger partial charge in [0.15, 0.2) is 6.10 Å². The molecular weight excluding hydrogens is 340 g/mol. The third-order valence-electron chi connectivity index (χ3n) is 4.81. The highest BCUT2D eigenvalue weighted by Gasteiger charge is 2.30. The Kier molecular flexibility index (Phi) is 5.49. The first-order valence-electron chi connectivity index (χ1n) is 9.30. The van der Waals surface area contributed by atoms with Crippen molar-refractivity contribution in [3.63, 3.8) is 0 Å². The minimum atomic E-state index is -0.644. The minimum absolute atomic E-state index is 0.0493. The van der Waals surface area contributed by atoms with Crippen LogP contribution in [0.4, 0.5) is 11.4 Å². The van der Waals surface area contributed by atoms with Gasteiger partial charge in [0.1, 0.15) is 5.75 Å². The predicted molar refractivity (Wildman–Crippen MR) is 107 cm³/mol. The summed E-state index contributed by atoms with van der Waals surface area (Å²) in [6.07, 6.45) is 1.26. The maximum absolute atomic E-state index is 12.6. The van der Waals surface area contributed by atoms with E-state index < -0.39 is 6.10 Å². The summed E-state index contributed by atoms with van der Waals surface area (Å²) < 4.78 is 5.85. The molecule has 1 unspecified atom stereocenters. The van der Waals surface area contributed by atoms with Crippen molar-refractivity contribution in [3.05, 3.63) is 53.1 Å². The number of nitrogens with one attached hydrogen (secondary N) is 2. The summed E-state index contributed by atoms with van der Waals surface area (Å²) in [6, 6.07) is 11.4. The van der Waals surface area contributed by atoms with E-state index in [1.165, 1.54) is 0 Å². The molecule has 0 aromatic heterocycles. The number of carbonyl (C=O) groups excluding carboxylic acids is 2. The van der Waals surface area contributed by atoms with Gasteiger partial charge in [-0.3, -0.25) is 9.59 Å². The van der Waals surface area contributed by atoms with Gasteiger partial charge in [-0.25, -0.2) is 0 Å². The lowest BCUT2D eigenvalue weighted by atomic mass is 10.1. The molecule has 142 valence electrons. The minimum Gasteiger partial charge on any atom is -0.481 e. The summed E-state index contributed by atoms with van der Waals surface area (Å²) in [5.74, 6) is 0.659. The summed E-state index contributed by atoms with van der Waals surface area (Å²) in [6.45, 7) is 7.55. The third-order valence-corrected chi connectivity index (χ3v) is 4.81. The van der Waals surface area contributed by atoms with Gasteiger partial charge in [-0.15, -0.1) is 0 Å². The number of aryl methyl sites for hydroxylation is 2. The standard InChI is InChI=1S/C22H26N2O3/c1-13-8-9-14(2)20(12-13)27-16(4)21(25)23-18-6-5-7-19(15(18)3)24-22(26)17-10-11-17/h5-9,12,16-17H,10-11H2,1-4H3,(H,23,25)(H,24,26). The van der Waals surface area contributed by atoms with E-state index in [-0.39, 0.29) is 17.7 Å². The van der Waals surface area contributed by atoms with Crippen LogP contribution in [0.15, 0.2) is 36.4 Å². The molecule has 2 aromatic carbocycles. The quantitative estimate of drug-likeness (QED) is 0.798. The summed E-state index contributed by atoms with van der Waals surface area (Å²) in [4.78, 5) is 24.6. The fourth-order valence-corrected chi connectivity index (χ4v) is 2.80. The Hall–Kier alpha value is -2.82. The number of hydrogen-bond donors (Lipinski definition) is 2. The van der Waals surface area contributed by atoms with Crippen molar-refractivity contribution >= 4 is 23.2 Å². The number of carbonyl (C=O) groups is 2. The van der Waals surface area contributed by atoms with Gasteiger partial charge in [0, 0.05) is 17.3 Å². The van der Waals surface area contributed by atoms with E-state index in [0.29, 0.717) is 11.4 Å². The first-order chi connectivity index (χ1) is 12.8. The molecule has 1 atom stereocenters. The van der Waals surface area contributed by atoms with Crippen LogP contribution in [0.5, 0.6) is 5.75 Å². The van der Waals surface area contributed by atoms with E-state index in [0.717, 1.165) is 35.2 Å². The monoisotopic (exact) mass is 366 g/mol. The lowest BCUT2D eigenvalue weighted by Crippen LogP contribution is -2.30. The third kappa shape index (κ3) is 4.67. The van der Waals surface area contributed by atoms with Crippen molar-refractivity contribution < 1.29 is 14.3 Å². The summed E-state index contributed by atoms with van der Waals surface area (Å²) in [7, 11) is 0. The van der Waals surface area contributed by atoms with Crippen molar-refractivity contribution in [1.82, 2.24) is 0 Å². The summed E-state index contributed by atoms with van der Waals surface area (Å²) in [5.41, 5.74) is 4.30. The molecule has 5 nitrogen and oxygen atoms in total. The number of benzene rings is 2. The van der Waals surface area contributed by atoms with Crippen molar-refractivity contribution in [3.8, 4) is 5.75 Å². The Labute approximate surface area is 160 Å². The molecule has 2 N–H and O–H groups in total. The van der Waals surface area contributed by atoms with Gasteiger partial charge >= 0.3 is 0 Å². The summed E-state index contributed by atoms with van der Waals surface area (Å²) in [5, 5.41) is 5.85. The second-order valence-corrected chi connectivity index (χ2v) is 7.26. The Bertz CT molecular complexity index is 872. The predicted octanol–water partition coefficient (Wildman–Crippen LogP) is 4.37. The highest BCUT2D eigenvalue weighted by atomic mass is 16.5. The fraction of sp³-hybridized carbons (Fsp3) is 0.364. The van der Waals surface area contributed by atoms with E-state index in [9.17, 15) is 9.59 Å². The van der Waals surface area contributed by atoms with Crippen LogP contribution in [0.25, 0.3) is 0 Å². The Morgan fingerprint density at radius 3 is 2.37 bits per heavy atom. The molecular formula is C22H26N2O3. The largest absolute Gasteiger partial charge is 0.481 e. The molecule has 0 spiro atoms. The van der Waals surface area contributed by atoms with E-state index in [1.807, 2.05) is 57.2 Å². The average molecular weight is 366 g/mol. The molecule has 0 radical (unpaired) electrons. The molecule has 1 saturated carbocycles. The molecule has 27 heavy (non-hydrogen) atoms. The SMILES string of the molecule is Cc1ccc(C)c(OC(C)C(=O)Nc2cccc(NC(=O)C3CC3)c2C)c1. The van der Waals surface area contributed by atoms with Crippen LogP contribution in [0.2, 0.25) is 0 Å². The van der Waals surface area contributed by atoms with Crippen molar-refractivity contribution in [2.24, 2.45) is 5.92 Å². The van der Waals surface area contributed by atoms with Gasteiger partial charge in [0.25, 0.3) is 5.91 Å². The van der Waals surface area contributed by atoms with Gasteiger partial charge in [-0.2, -0.15) is 0 Å². The van der Waals surface area contributed by atoms with E-state index in [1.54, 1.807) is 6.92 Å². The Balaban J connectivity index is 1.67. The van der Waals surface area contributed by atoms with Crippen LogP contribution in [0.1, 0.15) is 36.5 Å². The van der Waals surface area contributed by atoms with E-state index in [4.69, 9.17) is 4.74 Å². The van der Waals surface area contributed by atoms with Gasteiger partial charge in [-0.05, 0) is 75.4 Å². The Morgan fingerprint density at radius 2 is 1.70 bits per heavy atom. The zero-order chi connectivity index (χ0) is 19.6. The number of amides is 2. The normalized spacial score (nSPS) is 14.4. The van der Waals surface area contributed by atoms with Crippen molar-refractivity contribution in [2.45, 2.75) is 46.6 Å². The van der Waals surface area contributed by atoms with Crippen LogP contribution in [0, 0.1) is 26.7 Å². The molecule has 5 heteroatoms. The second-order valence-electron chi connectivity index (χ2n) is 7.26. The molecule has 0 bridgehead atoms. The molecule has 0 saturated heterocycles. The fourth-order valence-electron chi connectivity index (χ4n) is 2.80. The average Bonchev–Trinajstić information content (AvgIpc) is 3.46. The second kappa shape index (κ2) is 7.82. The highest BCUT2D eigenvalue weighted by Crippen LogP contribution is 2.31. The maximum Gasteiger partial charge on any atom is 0.265 e. The maximum atomic E-state index is 12.6.